The molecule has 19 heavy (non-hydrogen) atoms. The molecular weight excluding hydrogens is 236 g/mol. The van der Waals surface area contributed by atoms with Crippen molar-refractivity contribution in [3.63, 3.8) is 0 Å². The highest BCUT2D eigenvalue weighted by molar-refractivity contribution is 5.79. The average molecular weight is 256 g/mol. The molecule has 0 spiro atoms. The molecule has 0 radical (unpaired) electrons. The number of methoxy groups -OCH3 is 1. The molecule has 2 N–H and O–H groups in total. The Morgan fingerprint density at radius 3 is 2.68 bits per heavy atom. The molecule has 1 heterocycles. The summed E-state index contributed by atoms with van der Waals surface area (Å²) in [5.74, 6) is 0. The second kappa shape index (κ2) is 4.58. The van der Waals surface area contributed by atoms with Crippen LogP contribution in [0.15, 0.2) is 30.3 Å². The van der Waals surface area contributed by atoms with Crippen molar-refractivity contribution >= 4 is 10.9 Å². The third-order valence-electron chi connectivity index (χ3n) is 4.38. The number of ether oxygens (including phenoxy) is 1. The van der Waals surface area contributed by atoms with Crippen molar-refractivity contribution in [3.8, 4) is 0 Å². The zero-order valence-corrected chi connectivity index (χ0v) is 11.5. The van der Waals surface area contributed by atoms with Crippen LogP contribution >= 0.6 is 0 Å². The molecular formula is C16H20N2O. The summed E-state index contributed by atoms with van der Waals surface area (Å²) in [5, 5.41) is 1.14. The van der Waals surface area contributed by atoms with Gasteiger partial charge in [-0.3, -0.25) is 4.98 Å². The predicted octanol–water partition coefficient (Wildman–Crippen LogP) is 3.11. The van der Waals surface area contributed by atoms with Crippen LogP contribution in [0.2, 0.25) is 0 Å². The Hall–Kier alpha value is -1.45. The third kappa shape index (κ3) is 2.03. The molecule has 0 saturated heterocycles. The van der Waals surface area contributed by atoms with E-state index < -0.39 is 0 Å². The molecule has 1 saturated carbocycles. The van der Waals surface area contributed by atoms with Gasteiger partial charge in [0.25, 0.3) is 0 Å². The van der Waals surface area contributed by atoms with Crippen molar-refractivity contribution in [2.75, 3.05) is 7.11 Å². The Kier molecular flexibility index (Phi) is 3.03. The molecule has 3 heteroatoms. The van der Waals surface area contributed by atoms with Gasteiger partial charge in [-0.2, -0.15) is 0 Å². The van der Waals surface area contributed by atoms with Gasteiger partial charge in [0.1, 0.15) is 0 Å². The van der Waals surface area contributed by atoms with Crippen molar-refractivity contribution < 1.29 is 4.74 Å². The highest BCUT2D eigenvalue weighted by Gasteiger charge is 2.43. The molecule has 1 fully saturated rings. The van der Waals surface area contributed by atoms with E-state index in [1.807, 2.05) is 13.0 Å². The fourth-order valence-corrected chi connectivity index (χ4v) is 2.91. The molecule has 1 unspecified atom stereocenters. The van der Waals surface area contributed by atoms with Crippen LogP contribution in [0.5, 0.6) is 0 Å². The number of aryl methyl sites for hydroxylation is 1. The summed E-state index contributed by atoms with van der Waals surface area (Å²) in [4.78, 5) is 4.52. The summed E-state index contributed by atoms with van der Waals surface area (Å²) < 4.78 is 5.68. The number of nitrogens with two attached hydrogens (primary N) is 1. The van der Waals surface area contributed by atoms with E-state index in [0.717, 1.165) is 35.0 Å². The van der Waals surface area contributed by atoms with Crippen LogP contribution in [0.25, 0.3) is 10.9 Å². The minimum Gasteiger partial charge on any atom is -0.376 e. The monoisotopic (exact) mass is 256 g/mol. The van der Waals surface area contributed by atoms with E-state index in [-0.39, 0.29) is 11.6 Å². The molecule has 1 aliphatic carbocycles. The molecule has 3 rings (SSSR count). The van der Waals surface area contributed by atoms with Gasteiger partial charge in [-0.1, -0.05) is 12.1 Å². The van der Waals surface area contributed by atoms with Crippen molar-refractivity contribution in [1.82, 2.24) is 4.98 Å². The van der Waals surface area contributed by atoms with Crippen LogP contribution in [-0.2, 0) is 4.74 Å². The minimum absolute atomic E-state index is 0.0584. The van der Waals surface area contributed by atoms with Gasteiger partial charge in [0.15, 0.2) is 0 Å². The molecule has 2 aromatic rings. The lowest BCUT2D eigenvalue weighted by atomic mass is 9.72. The summed E-state index contributed by atoms with van der Waals surface area (Å²) in [5.41, 5.74) is 9.46. The normalized spacial score (nSPS) is 19.1. The molecule has 3 nitrogen and oxygen atoms in total. The number of benzene rings is 1. The Morgan fingerprint density at radius 1 is 1.26 bits per heavy atom. The van der Waals surface area contributed by atoms with E-state index in [1.165, 1.54) is 6.42 Å². The number of rotatable bonds is 3. The van der Waals surface area contributed by atoms with Gasteiger partial charge < -0.3 is 10.5 Å². The second-order valence-corrected chi connectivity index (χ2v) is 5.50. The Labute approximate surface area is 113 Å². The number of aromatic nitrogens is 1. The number of pyridine rings is 1. The quantitative estimate of drug-likeness (QED) is 0.918. The van der Waals surface area contributed by atoms with E-state index in [1.54, 1.807) is 7.11 Å². The minimum atomic E-state index is -0.161. The average Bonchev–Trinajstić information content (AvgIpc) is 2.37. The molecule has 0 amide bonds. The maximum atomic E-state index is 6.42. The summed E-state index contributed by atoms with van der Waals surface area (Å²) >= 11 is 0. The van der Waals surface area contributed by atoms with Gasteiger partial charge in [-0.25, -0.2) is 0 Å². The van der Waals surface area contributed by atoms with Gasteiger partial charge in [-0.05, 0) is 49.9 Å². The van der Waals surface area contributed by atoms with Gasteiger partial charge >= 0.3 is 0 Å². The van der Waals surface area contributed by atoms with Crippen molar-refractivity contribution in [3.05, 3.63) is 41.6 Å². The molecule has 0 bridgehead atoms. The van der Waals surface area contributed by atoms with E-state index in [2.05, 4.69) is 29.2 Å². The molecule has 1 atom stereocenters. The largest absolute Gasteiger partial charge is 0.376 e. The lowest BCUT2D eigenvalue weighted by molar-refractivity contribution is -0.0911. The first kappa shape index (κ1) is 12.6. The lowest BCUT2D eigenvalue weighted by Gasteiger charge is -2.45. The molecule has 1 aromatic carbocycles. The smallest absolute Gasteiger partial charge is 0.0870 e. The highest BCUT2D eigenvalue weighted by Crippen LogP contribution is 2.43. The Bertz CT molecular complexity index is 599. The van der Waals surface area contributed by atoms with E-state index in [9.17, 15) is 0 Å². The molecule has 1 aromatic heterocycles. The van der Waals surface area contributed by atoms with E-state index in [0.29, 0.717) is 0 Å². The maximum absolute atomic E-state index is 6.42. The number of hydrogen-bond donors (Lipinski definition) is 1. The third-order valence-corrected chi connectivity index (χ3v) is 4.38. The van der Waals surface area contributed by atoms with Crippen LogP contribution < -0.4 is 5.73 Å². The summed E-state index contributed by atoms with van der Waals surface area (Å²) in [6.45, 7) is 2.01. The number of hydrogen-bond acceptors (Lipinski definition) is 3. The second-order valence-electron chi connectivity index (χ2n) is 5.50. The van der Waals surface area contributed by atoms with E-state index >= 15 is 0 Å². The zero-order chi connectivity index (χ0) is 13.5. The van der Waals surface area contributed by atoms with Crippen molar-refractivity contribution in [1.29, 1.82) is 0 Å². The number of nitrogens with zero attached hydrogens (tertiary/aromatic N) is 1. The SMILES string of the molecule is COC1(C(N)c2ccc3nc(C)ccc3c2)CCC1. The van der Waals surface area contributed by atoms with Crippen molar-refractivity contribution in [2.24, 2.45) is 5.73 Å². The fraction of sp³-hybridized carbons (Fsp3) is 0.438. The molecule has 1 aliphatic rings. The van der Waals surface area contributed by atoms with Crippen molar-refractivity contribution in [2.45, 2.75) is 37.8 Å². The Balaban J connectivity index is 1.99. The predicted molar refractivity (Wildman–Crippen MR) is 77.0 cm³/mol. The summed E-state index contributed by atoms with van der Waals surface area (Å²) in [6, 6.07) is 10.4. The topological polar surface area (TPSA) is 48.1 Å². The van der Waals surface area contributed by atoms with Crippen LogP contribution in [-0.4, -0.2) is 17.7 Å². The zero-order valence-electron chi connectivity index (χ0n) is 11.5. The Morgan fingerprint density at radius 2 is 2.05 bits per heavy atom. The fourth-order valence-electron chi connectivity index (χ4n) is 2.91. The van der Waals surface area contributed by atoms with Crippen LogP contribution in [0.4, 0.5) is 0 Å². The van der Waals surface area contributed by atoms with Crippen LogP contribution in [0.1, 0.15) is 36.6 Å². The first-order chi connectivity index (χ1) is 9.14. The van der Waals surface area contributed by atoms with E-state index in [4.69, 9.17) is 10.5 Å². The van der Waals surface area contributed by atoms with Gasteiger partial charge in [0.05, 0.1) is 17.2 Å². The maximum Gasteiger partial charge on any atom is 0.0870 e. The molecule has 0 aliphatic heterocycles. The van der Waals surface area contributed by atoms with Crippen LogP contribution in [0, 0.1) is 6.92 Å². The summed E-state index contributed by atoms with van der Waals surface area (Å²) in [6.07, 6.45) is 3.31. The van der Waals surface area contributed by atoms with Crippen LogP contribution in [0.3, 0.4) is 0 Å². The van der Waals surface area contributed by atoms with Gasteiger partial charge in [-0.15, -0.1) is 0 Å². The summed E-state index contributed by atoms with van der Waals surface area (Å²) in [7, 11) is 1.77. The molecule has 100 valence electrons. The highest BCUT2D eigenvalue weighted by atomic mass is 16.5. The lowest BCUT2D eigenvalue weighted by Crippen LogP contribution is -2.48. The number of fused-ring (bicyclic) bond motifs is 1. The first-order valence-electron chi connectivity index (χ1n) is 6.83. The first-order valence-corrected chi connectivity index (χ1v) is 6.83. The standard InChI is InChI=1S/C16H20N2O/c1-11-4-5-12-10-13(6-7-14(12)18-11)15(17)16(19-2)8-3-9-16/h4-7,10,15H,3,8-9,17H2,1-2H3. The van der Waals surface area contributed by atoms with Gasteiger partial charge in [0, 0.05) is 18.2 Å². The van der Waals surface area contributed by atoms with Gasteiger partial charge in [0.2, 0.25) is 0 Å².